The lowest BCUT2D eigenvalue weighted by Crippen LogP contribution is -2.50. The van der Waals surface area contributed by atoms with Crippen LogP contribution in [0, 0.1) is 0 Å². The van der Waals surface area contributed by atoms with E-state index in [0.29, 0.717) is 26.3 Å². The zero-order chi connectivity index (χ0) is 30.4. The van der Waals surface area contributed by atoms with Crippen LogP contribution in [0.3, 0.4) is 0 Å². The normalized spacial score (nSPS) is 18.7. The van der Waals surface area contributed by atoms with Crippen molar-refractivity contribution in [2.24, 2.45) is 0 Å². The summed E-state index contributed by atoms with van der Waals surface area (Å²) in [5.41, 5.74) is 6.09. The van der Waals surface area contributed by atoms with Gasteiger partial charge in [0, 0.05) is 56.1 Å². The molecule has 2 saturated heterocycles. The Morgan fingerprint density at radius 1 is 0.907 bits per heavy atom. The quantitative estimate of drug-likeness (QED) is 0.393. The molecule has 0 radical (unpaired) electrons. The number of hydrogen-bond acceptors (Lipinski definition) is 7. The summed E-state index contributed by atoms with van der Waals surface area (Å²) in [6.45, 7) is 15.7. The molecule has 2 fully saturated rings. The van der Waals surface area contributed by atoms with E-state index in [1.165, 1.54) is 5.56 Å². The van der Waals surface area contributed by atoms with Gasteiger partial charge in [-0.1, -0.05) is 30.3 Å². The number of anilines is 2. The van der Waals surface area contributed by atoms with Crippen LogP contribution in [-0.4, -0.2) is 80.5 Å². The van der Waals surface area contributed by atoms with Crippen molar-refractivity contribution < 1.29 is 19.1 Å². The minimum Gasteiger partial charge on any atom is -0.444 e. The molecule has 8 nitrogen and oxygen atoms in total. The third-order valence-electron chi connectivity index (χ3n) is 8.19. The molecule has 1 aromatic heterocycles. The fraction of sp³-hybridized carbons (Fsp3) is 0.471. The zero-order valence-electron chi connectivity index (χ0n) is 25.9. The van der Waals surface area contributed by atoms with E-state index >= 15 is 0 Å². The molecule has 0 spiro atoms. The van der Waals surface area contributed by atoms with Gasteiger partial charge in [0.05, 0.1) is 18.1 Å². The molecule has 0 saturated carbocycles. The van der Waals surface area contributed by atoms with Crippen LogP contribution in [0.15, 0.2) is 48.5 Å². The van der Waals surface area contributed by atoms with Gasteiger partial charge >= 0.3 is 6.09 Å². The highest BCUT2D eigenvalue weighted by Gasteiger charge is 2.36. The number of carbonyl (C=O) groups is 2. The minimum atomic E-state index is -0.495. The number of amides is 2. The summed E-state index contributed by atoms with van der Waals surface area (Å²) < 4.78 is 11.2. The van der Waals surface area contributed by atoms with E-state index in [2.05, 4.69) is 77.5 Å². The average molecular weight is 603 g/mol. The van der Waals surface area contributed by atoms with Crippen molar-refractivity contribution in [1.29, 1.82) is 0 Å². The minimum absolute atomic E-state index is 0.0210. The Kier molecular flexibility index (Phi) is 7.89. The molecule has 0 aliphatic carbocycles. The van der Waals surface area contributed by atoms with Gasteiger partial charge in [0.2, 0.25) is 0 Å². The van der Waals surface area contributed by atoms with Crippen LogP contribution in [0.1, 0.15) is 49.9 Å². The van der Waals surface area contributed by atoms with Crippen molar-refractivity contribution in [3.8, 4) is 22.3 Å². The molecule has 43 heavy (non-hydrogen) atoms. The molecule has 4 heterocycles. The third kappa shape index (κ3) is 6.38. The van der Waals surface area contributed by atoms with Crippen LogP contribution < -0.4 is 15.1 Å². The molecule has 3 aliphatic rings. The summed E-state index contributed by atoms with van der Waals surface area (Å²) in [5.74, 6) is 0.0210. The Morgan fingerprint density at radius 3 is 2.26 bits per heavy atom. The van der Waals surface area contributed by atoms with E-state index in [4.69, 9.17) is 9.47 Å². The topological polar surface area (TPSA) is 74.3 Å². The lowest BCUT2D eigenvalue weighted by Gasteiger charge is -2.36. The SMILES string of the molecule is CC1(C)Cc2c(sc(N3CCOCC3)c2-c2cccc(-c3cccc(N4CCN(C(=O)OC(C)(C)C)CC4)c3)c2)C(=O)N1. The largest absolute Gasteiger partial charge is 0.444 e. The number of carbonyl (C=O) groups excluding carboxylic acids is 2. The van der Waals surface area contributed by atoms with E-state index in [1.54, 1.807) is 16.2 Å². The van der Waals surface area contributed by atoms with E-state index in [-0.39, 0.29) is 17.5 Å². The molecule has 6 rings (SSSR count). The number of fused-ring (bicyclic) bond motifs is 1. The first-order valence-electron chi connectivity index (χ1n) is 15.2. The number of rotatable bonds is 4. The lowest BCUT2D eigenvalue weighted by atomic mass is 9.86. The van der Waals surface area contributed by atoms with E-state index in [0.717, 1.165) is 70.4 Å². The van der Waals surface area contributed by atoms with Crippen LogP contribution in [0.5, 0.6) is 0 Å². The lowest BCUT2D eigenvalue weighted by molar-refractivity contribution is 0.0240. The van der Waals surface area contributed by atoms with Gasteiger partial charge in [-0.15, -0.1) is 11.3 Å². The molecular formula is C34H42N4O4S. The van der Waals surface area contributed by atoms with Gasteiger partial charge in [-0.05, 0) is 81.5 Å². The monoisotopic (exact) mass is 602 g/mol. The first-order valence-corrected chi connectivity index (χ1v) is 16.0. The molecule has 9 heteroatoms. The number of morpholine rings is 1. The van der Waals surface area contributed by atoms with Crippen LogP contribution in [0.2, 0.25) is 0 Å². The highest BCUT2D eigenvalue weighted by molar-refractivity contribution is 7.19. The van der Waals surface area contributed by atoms with E-state index in [9.17, 15) is 9.59 Å². The van der Waals surface area contributed by atoms with Crippen molar-refractivity contribution in [1.82, 2.24) is 10.2 Å². The molecule has 3 aromatic rings. The highest BCUT2D eigenvalue weighted by atomic mass is 32.1. The van der Waals surface area contributed by atoms with Crippen molar-refractivity contribution >= 4 is 34.0 Å². The van der Waals surface area contributed by atoms with Gasteiger partial charge in [0.25, 0.3) is 5.91 Å². The molecule has 0 atom stereocenters. The van der Waals surface area contributed by atoms with E-state index in [1.807, 2.05) is 20.8 Å². The zero-order valence-corrected chi connectivity index (χ0v) is 26.7. The second-order valence-corrected chi connectivity index (χ2v) is 14.3. The number of piperazine rings is 1. The number of ether oxygens (including phenoxy) is 2. The average Bonchev–Trinajstić information content (AvgIpc) is 3.36. The van der Waals surface area contributed by atoms with Gasteiger partial charge in [0.15, 0.2) is 0 Å². The highest BCUT2D eigenvalue weighted by Crippen LogP contribution is 2.47. The predicted octanol–water partition coefficient (Wildman–Crippen LogP) is 6.04. The first kappa shape index (κ1) is 29.5. The molecule has 228 valence electrons. The summed E-state index contributed by atoms with van der Waals surface area (Å²) >= 11 is 1.61. The number of nitrogens with one attached hydrogen (secondary N) is 1. The summed E-state index contributed by atoms with van der Waals surface area (Å²) in [4.78, 5) is 33.1. The fourth-order valence-corrected chi connectivity index (χ4v) is 7.44. The van der Waals surface area contributed by atoms with Gasteiger partial charge in [0.1, 0.15) is 10.6 Å². The Bertz CT molecular complexity index is 1510. The molecule has 2 aromatic carbocycles. The van der Waals surface area contributed by atoms with Gasteiger partial charge in [-0.25, -0.2) is 4.79 Å². The number of hydrogen-bond donors (Lipinski definition) is 1. The fourth-order valence-electron chi connectivity index (χ4n) is 6.15. The Morgan fingerprint density at radius 2 is 1.56 bits per heavy atom. The maximum Gasteiger partial charge on any atom is 0.410 e. The van der Waals surface area contributed by atoms with Crippen LogP contribution in [0.4, 0.5) is 15.5 Å². The maximum atomic E-state index is 13.2. The van der Waals surface area contributed by atoms with Crippen LogP contribution >= 0.6 is 11.3 Å². The Hall–Kier alpha value is -3.56. The second-order valence-electron chi connectivity index (χ2n) is 13.3. The Labute approximate surface area is 258 Å². The van der Waals surface area contributed by atoms with Crippen molar-refractivity contribution in [2.45, 2.75) is 52.2 Å². The predicted molar refractivity (Wildman–Crippen MR) is 173 cm³/mol. The standard InChI is InChI=1S/C34H42N4O4S/c1-33(2,3)42-32(40)38-14-12-36(13-15-38)26-11-7-9-24(21-26)23-8-6-10-25(20-23)28-27-22-34(4,5)35-30(39)29(27)43-31(28)37-16-18-41-19-17-37/h6-11,20-21H,12-19,22H2,1-5H3,(H,35,39). The van der Waals surface area contributed by atoms with Gasteiger partial charge < -0.3 is 29.5 Å². The first-order chi connectivity index (χ1) is 20.5. The smallest absolute Gasteiger partial charge is 0.410 e. The number of thiophene rings is 1. The van der Waals surface area contributed by atoms with Gasteiger partial charge in [-0.3, -0.25) is 4.79 Å². The molecule has 0 bridgehead atoms. The number of benzene rings is 2. The van der Waals surface area contributed by atoms with Crippen LogP contribution in [-0.2, 0) is 15.9 Å². The molecule has 3 aliphatic heterocycles. The maximum absolute atomic E-state index is 13.2. The third-order valence-corrected chi connectivity index (χ3v) is 9.48. The van der Waals surface area contributed by atoms with Crippen molar-refractivity contribution in [3.63, 3.8) is 0 Å². The summed E-state index contributed by atoms with van der Waals surface area (Å²) in [7, 11) is 0. The Balaban J connectivity index is 1.28. The second kappa shape index (κ2) is 11.5. The van der Waals surface area contributed by atoms with Crippen molar-refractivity contribution in [3.05, 3.63) is 59.0 Å². The van der Waals surface area contributed by atoms with E-state index < -0.39 is 5.60 Å². The number of nitrogens with zero attached hydrogens (tertiary/aromatic N) is 3. The summed E-state index contributed by atoms with van der Waals surface area (Å²) in [6, 6.07) is 17.4. The molecule has 0 unspecified atom stereocenters. The molecule has 1 N–H and O–H groups in total. The van der Waals surface area contributed by atoms with Gasteiger partial charge in [-0.2, -0.15) is 0 Å². The molecular weight excluding hydrogens is 560 g/mol. The molecule has 2 amide bonds. The van der Waals surface area contributed by atoms with Crippen molar-refractivity contribution in [2.75, 3.05) is 62.3 Å². The van der Waals surface area contributed by atoms with Crippen LogP contribution in [0.25, 0.3) is 22.3 Å². The summed E-state index contributed by atoms with van der Waals surface area (Å²) in [5, 5.41) is 4.36. The summed E-state index contributed by atoms with van der Waals surface area (Å²) in [6.07, 6.45) is 0.546.